The molecule has 4 heteroatoms. The van der Waals surface area contributed by atoms with E-state index in [9.17, 15) is 9.59 Å². The molecule has 0 unspecified atom stereocenters. The Kier molecular flexibility index (Phi) is 3.97. The molecule has 1 aromatic rings. The summed E-state index contributed by atoms with van der Waals surface area (Å²) in [5, 5.41) is 2.87. The fraction of sp³-hybridized carbons (Fsp3) is 0.429. The lowest BCUT2D eigenvalue weighted by Gasteiger charge is -2.22. The van der Waals surface area contributed by atoms with E-state index in [0.717, 1.165) is 18.4 Å². The quantitative estimate of drug-likeness (QED) is 0.867. The molecule has 0 aliphatic carbocycles. The van der Waals surface area contributed by atoms with Crippen molar-refractivity contribution in [3.05, 3.63) is 35.9 Å². The van der Waals surface area contributed by atoms with Gasteiger partial charge in [-0.2, -0.15) is 0 Å². The number of amides is 2. The molecule has 1 heterocycles. The second-order valence-corrected chi connectivity index (χ2v) is 4.50. The van der Waals surface area contributed by atoms with Crippen LogP contribution in [0.15, 0.2) is 24.3 Å². The van der Waals surface area contributed by atoms with Crippen LogP contribution in [0.3, 0.4) is 0 Å². The fourth-order valence-electron chi connectivity index (χ4n) is 2.26. The molecule has 18 heavy (non-hydrogen) atoms. The lowest BCUT2D eigenvalue weighted by Crippen LogP contribution is -2.44. The third kappa shape index (κ3) is 2.88. The molecular formula is C14H17N2O2. The first-order valence-electron chi connectivity index (χ1n) is 6.18. The van der Waals surface area contributed by atoms with Crippen molar-refractivity contribution in [2.75, 3.05) is 6.54 Å². The van der Waals surface area contributed by atoms with Gasteiger partial charge in [0.05, 0.1) is 0 Å². The minimum atomic E-state index is -0.296. The van der Waals surface area contributed by atoms with E-state index in [1.54, 1.807) is 4.90 Å². The summed E-state index contributed by atoms with van der Waals surface area (Å²) >= 11 is 0. The van der Waals surface area contributed by atoms with E-state index in [1.807, 2.05) is 24.3 Å². The lowest BCUT2D eigenvalue weighted by atomic mass is 10.2. The van der Waals surface area contributed by atoms with Crippen LogP contribution in [0.4, 0.5) is 0 Å². The van der Waals surface area contributed by atoms with Gasteiger partial charge in [-0.3, -0.25) is 9.59 Å². The lowest BCUT2D eigenvalue weighted by molar-refractivity contribution is -0.136. The van der Waals surface area contributed by atoms with Crippen molar-refractivity contribution in [1.29, 1.82) is 0 Å². The molecule has 1 N–H and O–H groups in total. The number of rotatable bonds is 3. The number of hydrogen-bond donors (Lipinski definition) is 1. The van der Waals surface area contributed by atoms with Crippen molar-refractivity contribution in [3.63, 3.8) is 0 Å². The zero-order valence-corrected chi connectivity index (χ0v) is 10.5. The number of nitrogens with zero attached hydrogens (tertiary/aromatic N) is 1. The highest BCUT2D eigenvalue weighted by molar-refractivity contribution is 5.87. The second-order valence-electron chi connectivity index (χ2n) is 4.50. The molecule has 0 spiro atoms. The van der Waals surface area contributed by atoms with Crippen LogP contribution in [0.2, 0.25) is 0 Å². The summed E-state index contributed by atoms with van der Waals surface area (Å²) in [4.78, 5) is 25.0. The zero-order valence-electron chi connectivity index (χ0n) is 10.5. The number of likely N-dealkylation sites (tertiary alicyclic amines) is 1. The maximum atomic E-state index is 12.0. The van der Waals surface area contributed by atoms with Crippen molar-refractivity contribution >= 4 is 11.8 Å². The molecule has 4 nitrogen and oxygen atoms in total. The Morgan fingerprint density at radius 2 is 2.39 bits per heavy atom. The molecule has 1 fully saturated rings. The molecule has 1 radical (unpaired) electrons. The van der Waals surface area contributed by atoms with Gasteiger partial charge in [-0.1, -0.05) is 18.2 Å². The van der Waals surface area contributed by atoms with E-state index in [2.05, 4.69) is 11.4 Å². The topological polar surface area (TPSA) is 49.4 Å². The summed E-state index contributed by atoms with van der Waals surface area (Å²) in [6.07, 6.45) is 1.66. The molecule has 1 aromatic carbocycles. The largest absolute Gasteiger partial charge is 0.350 e. The van der Waals surface area contributed by atoms with Gasteiger partial charge in [-0.05, 0) is 30.5 Å². The Morgan fingerprint density at radius 1 is 1.56 bits per heavy atom. The number of benzene rings is 1. The van der Waals surface area contributed by atoms with Crippen molar-refractivity contribution < 1.29 is 9.59 Å². The standard InChI is InChI=1S/C14H17N2O2/c1-11(17)16-9-5-8-13(16)14(18)15-10-12-6-3-2-4-7-12/h2-3,6-7,13H,5,8-10H2,1H3,(H,15,18)/t13-/m1/s1. The molecular weight excluding hydrogens is 228 g/mol. The highest BCUT2D eigenvalue weighted by atomic mass is 16.2. The SMILES string of the molecule is CC(=O)N1CCC[C@@H]1C(=O)NCc1c[c]ccc1. The Hall–Kier alpha value is -1.84. The Balaban J connectivity index is 1.90. The highest BCUT2D eigenvalue weighted by Crippen LogP contribution is 2.17. The average molecular weight is 245 g/mol. The summed E-state index contributed by atoms with van der Waals surface area (Å²) in [5.41, 5.74) is 1.01. The van der Waals surface area contributed by atoms with Crippen LogP contribution < -0.4 is 5.32 Å². The molecule has 0 saturated carbocycles. The Bertz CT molecular complexity index is 431. The van der Waals surface area contributed by atoms with Crippen molar-refractivity contribution in [1.82, 2.24) is 10.2 Å². The highest BCUT2D eigenvalue weighted by Gasteiger charge is 2.31. The van der Waals surface area contributed by atoms with Gasteiger partial charge in [0.25, 0.3) is 0 Å². The van der Waals surface area contributed by atoms with Crippen LogP contribution in [0.1, 0.15) is 25.3 Å². The summed E-state index contributed by atoms with van der Waals surface area (Å²) in [6, 6.07) is 10.2. The van der Waals surface area contributed by atoms with Gasteiger partial charge in [0.15, 0.2) is 0 Å². The minimum absolute atomic E-state index is 0.0271. The number of carbonyl (C=O) groups excluding carboxylic acids is 2. The van der Waals surface area contributed by atoms with E-state index in [1.165, 1.54) is 6.92 Å². The van der Waals surface area contributed by atoms with Gasteiger partial charge in [0.2, 0.25) is 11.8 Å². The van der Waals surface area contributed by atoms with Gasteiger partial charge in [0.1, 0.15) is 6.04 Å². The van der Waals surface area contributed by atoms with Crippen molar-refractivity contribution in [3.8, 4) is 0 Å². The summed E-state index contributed by atoms with van der Waals surface area (Å²) < 4.78 is 0. The first-order valence-corrected chi connectivity index (χ1v) is 6.18. The van der Waals surface area contributed by atoms with E-state index < -0.39 is 0 Å². The predicted octanol–water partition coefficient (Wildman–Crippen LogP) is 1.11. The molecule has 1 saturated heterocycles. The van der Waals surface area contributed by atoms with Crippen LogP contribution in [-0.2, 0) is 16.1 Å². The van der Waals surface area contributed by atoms with Crippen LogP contribution in [0.5, 0.6) is 0 Å². The van der Waals surface area contributed by atoms with E-state index >= 15 is 0 Å². The number of nitrogens with one attached hydrogen (secondary N) is 1. The second kappa shape index (κ2) is 5.67. The molecule has 0 bridgehead atoms. The third-order valence-electron chi connectivity index (χ3n) is 3.20. The van der Waals surface area contributed by atoms with Gasteiger partial charge >= 0.3 is 0 Å². The first-order chi connectivity index (χ1) is 8.68. The van der Waals surface area contributed by atoms with E-state index in [0.29, 0.717) is 13.1 Å². The zero-order chi connectivity index (χ0) is 13.0. The molecule has 1 aliphatic heterocycles. The molecule has 1 atom stereocenters. The predicted molar refractivity (Wildman–Crippen MR) is 67.5 cm³/mol. The van der Waals surface area contributed by atoms with E-state index in [-0.39, 0.29) is 17.9 Å². The normalized spacial score (nSPS) is 18.7. The molecule has 1 aliphatic rings. The van der Waals surface area contributed by atoms with Gasteiger partial charge in [0, 0.05) is 20.0 Å². The smallest absolute Gasteiger partial charge is 0.243 e. The van der Waals surface area contributed by atoms with Gasteiger partial charge in [-0.25, -0.2) is 0 Å². The first kappa shape index (κ1) is 12.6. The molecule has 2 amide bonds. The van der Waals surface area contributed by atoms with Crippen molar-refractivity contribution in [2.24, 2.45) is 0 Å². The molecule has 95 valence electrons. The molecule has 2 rings (SSSR count). The molecule has 0 aromatic heterocycles. The van der Waals surface area contributed by atoms with E-state index in [4.69, 9.17) is 0 Å². The maximum absolute atomic E-state index is 12.0. The summed E-state index contributed by atoms with van der Waals surface area (Å²) in [6.45, 7) is 2.68. The maximum Gasteiger partial charge on any atom is 0.243 e. The minimum Gasteiger partial charge on any atom is -0.350 e. The summed E-state index contributed by atoms with van der Waals surface area (Å²) in [5.74, 6) is -0.0905. The van der Waals surface area contributed by atoms with Crippen LogP contribution in [-0.4, -0.2) is 29.3 Å². The van der Waals surface area contributed by atoms with Crippen LogP contribution in [0.25, 0.3) is 0 Å². The number of carbonyl (C=O) groups is 2. The van der Waals surface area contributed by atoms with Gasteiger partial charge in [-0.15, -0.1) is 0 Å². The average Bonchev–Trinajstić information content (AvgIpc) is 2.86. The number of hydrogen-bond acceptors (Lipinski definition) is 2. The van der Waals surface area contributed by atoms with Crippen LogP contribution >= 0.6 is 0 Å². The van der Waals surface area contributed by atoms with Crippen LogP contribution in [0, 0.1) is 6.07 Å². The van der Waals surface area contributed by atoms with Gasteiger partial charge < -0.3 is 10.2 Å². The Labute approximate surface area is 107 Å². The summed E-state index contributed by atoms with van der Waals surface area (Å²) in [7, 11) is 0. The fourth-order valence-corrected chi connectivity index (χ4v) is 2.26. The third-order valence-corrected chi connectivity index (χ3v) is 3.20. The monoisotopic (exact) mass is 245 g/mol. The Morgan fingerprint density at radius 3 is 3.06 bits per heavy atom. The van der Waals surface area contributed by atoms with Crippen molar-refractivity contribution in [2.45, 2.75) is 32.4 Å².